The van der Waals surface area contributed by atoms with Gasteiger partial charge in [0.15, 0.2) is 29.9 Å². The lowest BCUT2D eigenvalue weighted by Crippen LogP contribution is -2.66. The van der Waals surface area contributed by atoms with E-state index in [0.717, 1.165) is 6.42 Å². The molecule has 71 heavy (non-hydrogen) atoms. The highest BCUT2D eigenvalue weighted by Crippen LogP contribution is 2.55. The molecule has 8 heterocycles. The average Bonchev–Trinajstić information content (AvgIpc) is 4.03. The van der Waals surface area contributed by atoms with Crippen LogP contribution in [0, 0.1) is 29.6 Å². The summed E-state index contributed by atoms with van der Waals surface area (Å²) in [6, 6.07) is 0. The molecule has 1 spiro atoms. The van der Waals surface area contributed by atoms with Crippen LogP contribution in [0.1, 0.15) is 139 Å². The van der Waals surface area contributed by atoms with Crippen LogP contribution in [0.3, 0.4) is 0 Å². The summed E-state index contributed by atoms with van der Waals surface area (Å²) in [5, 5.41) is 55.6. The van der Waals surface area contributed by atoms with Gasteiger partial charge < -0.3 is 87.1 Å². The average molecular weight is 1020 g/mol. The topological polar surface area (TPSA) is 238 Å². The van der Waals surface area contributed by atoms with Crippen LogP contribution in [-0.4, -0.2) is 186 Å². The Kier molecular flexibility index (Phi) is 17.1. The Labute approximate surface area is 420 Å². The molecule has 0 amide bonds. The fourth-order valence-corrected chi connectivity index (χ4v) is 13.8. The van der Waals surface area contributed by atoms with Gasteiger partial charge in [-0.25, -0.2) is 0 Å². The summed E-state index contributed by atoms with van der Waals surface area (Å²) >= 11 is 0. The number of hydrogen-bond acceptors (Lipinski definition) is 18. The second-order valence-electron chi connectivity index (χ2n) is 23.4. The molecule has 0 aromatic heterocycles. The number of carbonyl (C=O) groups is 1. The molecule has 5 N–H and O–H groups in total. The molecule has 8 saturated heterocycles. The second-order valence-corrected chi connectivity index (χ2v) is 23.4. The van der Waals surface area contributed by atoms with E-state index in [0.29, 0.717) is 57.8 Å². The van der Waals surface area contributed by atoms with Crippen LogP contribution in [0.25, 0.3) is 0 Å². The van der Waals surface area contributed by atoms with Gasteiger partial charge in [0, 0.05) is 77.1 Å². The van der Waals surface area contributed by atoms with Crippen LogP contribution >= 0.6 is 0 Å². The van der Waals surface area contributed by atoms with Crippen molar-refractivity contribution in [3.63, 3.8) is 0 Å². The zero-order valence-corrected chi connectivity index (χ0v) is 44.3. The Hall–Kier alpha value is -1.21. The molecule has 19 heteroatoms. The number of carboxylic acids is 1. The lowest BCUT2D eigenvalue weighted by atomic mass is 9.75. The third-order valence-electron chi connectivity index (χ3n) is 18.4. The third kappa shape index (κ3) is 11.0. The van der Waals surface area contributed by atoms with E-state index in [1.54, 1.807) is 28.3 Å². The summed E-state index contributed by atoms with van der Waals surface area (Å²) in [4.78, 5) is 12.3. The Morgan fingerprint density at radius 2 is 1.35 bits per heavy atom. The van der Waals surface area contributed by atoms with E-state index in [9.17, 15) is 30.3 Å². The first-order chi connectivity index (χ1) is 33.4. The molecular formula is C52H88O19. The molecule has 8 aliphatic heterocycles. The summed E-state index contributed by atoms with van der Waals surface area (Å²) in [6.45, 7) is 17.0. The van der Waals surface area contributed by atoms with E-state index in [1.807, 2.05) is 41.5 Å². The van der Waals surface area contributed by atoms with E-state index >= 15 is 0 Å². The van der Waals surface area contributed by atoms with Gasteiger partial charge in [-0.05, 0) is 72.1 Å². The number of aliphatic hydroxyl groups excluding tert-OH is 2. The summed E-state index contributed by atoms with van der Waals surface area (Å²) in [7, 11) is 4.88. The van der Waals surface area contributed by atoms with E-state index in [-0.39, 0.29) is 42.7 Å². The largest absolute Gasteiger partial charge is 0.481 e. The first-order valence-electron chi connectivity index (χ1n) is 26.7. The molecule has 8 aliphatic rings. The fourth-order valence-electron chi connectivity index (χ4n) is 13.8. The molecule has 19 nitrogen and oxygen atoms in total. The Morgan fingerprint density at radius 3 is 1.94 bits per heavy atom. The Balaban J connectivity index is 0.993. The van der Waals surface area contributed by atoms with Crippen LogP contribution in [0.2, 0.25) is 0 Å². The maximum absolute atomic E-state index is 12.3. The summed E-state index contributed by atoms with van der Waals surface area (Å²) in [5.74, 6) is -8.31. The minimum atomic E-state index is -2.13. The molecule has 0 unspecified atom stereocenters. The van der Waals surface area contributed by atoms with Gasteiger partial charge in [-0.3, -0.25) is 4.79 Å². The van der Waals surface area contributed by atoms with Gasteiger partial charge in [-0.1, -0.05) is 34.6 Å². The summed E-state index contributed by atoms with van der Waals surface area (Å²) in [5.41, 5.74) is -1.67. The van der Waals surface area contributed by atoms with Crippen molar-refractivity contribution in [2.45, 2.75) is 266 Å². The zero-order valence-electron chi connectivity index (χ0n) is 44.3. The number of aliphatic carboxylic acids is 1. The molecule has 26 atom stereocenters. The third-order valence-corrected chi connectivity index (χ3v) is 18.4. The lowest BCUT2D eigenvalue weighted by Gasteiger charge is -2.54. The molecule has 0 aromatic carbocycles. The number of carboxylic acid groups (broad SMARTS) is 1. The van der Waals surface area contributed by atoms with E-state index in [4.69, 9.17) is 61.6 Å². The second kappa shape index (κ2) is 21.7. The van der Waals surface area contributed by atoms with Crippen molar-refractivity contribution < 1.29 is 91.9 Å². The van der Waals surface area contributed by atoms with Crippen molar-refractivity contribution >= 4 is 5.97 Å². The predicted molar refractivity (Wildman–Crippen MR) is 251 cm³/mol. The quantitative estimate of drug-likeness (QED) is 0.151. The molecule has 8 rings (SSSR count). The molecule has 8 fully saturated rings. The van der Waals surface area contributed by atoms with Gasteiger partial charge >= 0.3 is 5.97 Å². The van der Waals surface area contributed by atoms with Crippen LogP contribution < -0.4 is 0 Å². The highest BCUT2D eigenvalue weighted by Gasteiger charge is 2.64. The number of hydrogen-bond donors (Lipinski definition) is 5. The molecule has 0 bridgehead atoms. The minimum absolute atomic E-state index is 0.0331. The van der Waals surface area contributed by atoms with Gasteiger partial charge in [0.25, 0.3) is 0 Å². The molecule has 0 aromatic rings. The number of ether oxygens (including phenoxy) is 13. The van der Waals surface area contributed by atoms with Crippen molar-refractivity contribution in [3.05, 3.63) is 0 Å². The first-order valence-corrected chi connectivity index (χ1v) is 26.7. The zero-order chi connectivity index (χ0) is 51.6. The monoisotopic (exact) mass is 1020 g/mol. The maximum atomic E-state index is 12.3. The smallest absolute Gasteiger partial charge is 0.308 e. The Morgan fingerprint density at radius 1 is 0.704 bits per heavy atom. The lowest BCUT2D eigenvalue weighted by molar-refractivity contribution is -0.377. The highest BCUT2D eigenvalue weighted by atomic mass is 16.7. The van der Waals surface area contributed by atoms with Gasteiger partial charge in [-0.15, -0.1) is 0 Å². The van der Waals surface area contributed by atoms with Crippen molar-refractivity contribution in [2.75, 3.05) is 27.9 Å². The Bertz CT molecular complexity index is 1800. The van der Waals surface area contributed by atoms with Gasteiger partial charge in [0.2, 0.25) is 0 Å². The molecule has 0 radical (unpaired) electrons. The van der Waals surface area contributed by atoms with E-state index in [2.05, 4.69) is 13.8 Å². The van der Waals surface area contributed by atoms with Gasteiger partial charge in [-0.2, -0.15) is 0 Å². The summed E-state index contributed by atoms with van der Waals surface area (Å²) < 4.78 is 84.7. The maximum Gasteiger partial charge on any atom is 0.308 e. The minimum Gasteiger partial charge on any atom is -0.481 e. The van der Waals surface area contributed by atoms with Crippen LogP contribution in [-0.2, 0) is 66.4 Å². The predicted octanol–water partition coefficient (Wildman–Crippen LogP) is 4.57. The van der Waals surface area contributed by atoms with Gasteiger partial charge in [0.1, 0.15) is 12.2 Å². The molecule has 0 saturated carbocycles. The number of rotatable bonds is 15. The normalized spacial score (nSPS) is 53.3. The molecular weight excluding hydrogens is 929 g/mol. The molecule has 410 valence electrons. The van der Waals surface area contributed by atoms with E-state index < -0.39 is 139 Å². The van der Waals surface area contributed by atoms with Crippen LogP contribution in [0.4, 0.5) is 0 Å². The first kappa shape index (κ1) is 56.0. The number of aliphatic hydroxyl groups is 4. The van der Waals surface area contributed by atoms with Crippen LogP contribution in [0.5, 0.6) is 0 Å². The molecule has 0 aliphatic carbocycles. The van der Waals surface area contributed by atoms with Crippen molar-refractivity contribution in [1.82, 2.24) is 0 Å². The van der Waals surface area contributed by atoms with Crippen molar-refractivity contribution in [3.8, 4) is 0 Å². The van der Waals surface area contributed by atoms with Gasteiger partial charge in [0.05, 0.1) is 97.5 Å². The van der Waals surface area contributed by atoms with E-state index in [1.165, 1.54) is 0 Å². The fraction of sp³-hybridized carbons (Fsp3) is 0.981. The summed E-state index contributed by atoms with van der Waals surface area (Å²) in [6.07, 6.45) is -2.52. The SMILES string of the molecule is CO[C@@H]1[C@@H](O[C@H]2CC[C@H](OC)[C@@H](C)O2)[C@H](C)[C@@](O)(CC(=O)O)O[C@H]1[C@H](C)[C@H]1O[C@@]2(CC[C@@](C)([C@H]3CC[C@@](C)([C@@H]4O[C@@H]([C@H]5O[C@@](O)(CO)[C@H](C)C[C@@H]5C)C[C@@H]4O[C@H]4CC[C@H](OC)[C@@H](C)O4)O3)O2)C[C@H](O)[C@H]1C. The standard InChI is InChI=1S/C52H88O19/c1-26-21-27(2)52(58,25-53)69-42(26)36-22-37(64-40-15-13-34(59-10)31(6)62-40)47(65-36)49(9)18-17-38(67-49)48(8)19-20-50(71-48)23-33(54)28(3)43(68-50)29(4)44-46(61-12)45(30(5)51(57,70-44)24-39(55)56)66-41-16-14-35(60-11)32(7)63-41/h26-38,40-47,53-54,57-58H,13-25H2,1-12H3,(H,55,56)/t26-,27+,28+,29+,30-,31+,32+,33-,34-,35-,36+,37-,38+,40-,41-,42-,43-,44-,45-,46-,47+,48-,49-,50+,51+,52-/m0/s1. The number of methoxy groups -OCH3 is 3. The highest BCUT2D eigenvalue weighted by molar-refractivity contribution is 5.68. The van der Waals surface area contributed by atoms with Crippen molar-refractivity contribution in [2.24, 2.45) is 29.6 Å². The van der Waals surface area contributed by atoms with Crippen LogP contribution in [0.15, 0.2) is 0 Å². The van der Waals surface area contributed by atoms with Crippen molar-refractivity contribution in [1.29, 1.82) is 0 Å².